The van der Waals surface area contributed by atoms with Crippen molar-refractivity contribution in [2.45, 2.75) is 0 Å². The van der Waals surface area contributed by atoms with Gasteiger partial charge in [-0.15, -0.1) is 0 Å². The van der Waals surface area contributed by atoms with Crippen LogP contribution in [0.5, 0.6) is 11.5 Å². The van der Waals surface area contributed by atoms with Crippen molar-refractivity contribution in [2.24, 2.45) is 5.92 Å². The second kappa shape index (κ2) is 7.29. The van der Waals surface area contributed by atoms with Crippen molar-refractivity contribution in [3.8, 4) is 11.5 Å². The maximum absolute atomic E-state index is 14.4. The number of carbonyl (C=O) groups is 2. The summed E-state index contributed by atoms with van der Waals surface area (Å²) in [4.78, 5) is 29.8. The minimum atomic E-state index is -0.666. The number of aromatic nitrogens is 1. The first-order valence-corrected chi connectivity index (χ1v) is 9.59. The lowest BCUT2D eigenvalue weighted by molar-refractivity contribution is -0.118. The van der Waals surface area contributed by atoms with Crippen molar-refractivity contribution in [3.63, 3.8) is 0 Å². The average molecular weight is 407 g/mol. The van der Waals surface area contributed by atoms with E-state index >= 15 is 0 Å². The number of nitrogens with one attached hydrogen (secondary N) is 1. The molecule has 1 N–H and O–H groups in total. The van der Waals surface area contributed by atoms with Gasteiger partial charge in [-0.1, -0.05) is 0 Å². The normalized spacial score (nSPS) is 15.8. The van der Waals surface area contributed by atoms with Gasteiger partial charge in [-0.25, -0.2) is 4.39 Å². The molecule has 1 saturated heterocycles. The number of amides is 2. The smallest absolute Gasteiger partial charge is 0.262 e. The number of carbonyl (C=O) groups excluding carboxylic acids is 2. The SMILES string of the molecule is O=C1COc2cc(F)c(C(=O)N3CC(COc4ccc5cnccc5c4)C3)cc2N1. The molecule has 8 heteroatoms. The predicted octanol–water partition coefficient (Wildman–Crippen LogP) is 2.86. The van der Waals surface area contributed by atoms with Crippen LogP contribution < -0.4 is 14.8 Å². The van der Waals surface area contributed by atoms with E-state index in [1.165, 1.54) is 6.07 Å². The van der Waals surface area contributed by atoms with E-state index in [0.717, 1.165) is 22.6 Å². The van der Waals surface area contributed by atoms with Crippen LogP contribution in [0.3, 0.4) is 0 Å². The molecule has 0 aliphatic carbocycles. The Morgan fingerprint density at radius 2 is 2.10 bits per heavy atom. The number of likely N-dealkylation sites (tertiary alicyclic amines) is 1. The lowest BCUT2D eigenvalue weighted by Gasteiger charge is -2.39. The summed E-state index contributed by atoms with van der Waals surface area (Å²) in [7, 11) is 0. The first-order valence-electron chi connectivity index (χ1n) is 9.59. The summed E-state index contributed by atoms with van der Waals surface area (Å²) in [5, 5.41) is 4.68. The Labute approximate surface area is 171 Å². The zero-order chi connectivity index (χ0) is 20.7. The standard InChI is InChI=1S/C22H18FN3O4/c23-18-7-20-19(25-21(27)12-30-20)6-17(18)22(28)26-9-13(10-26)11-29-16-2-1-15-8-24-4-3-14(15)5-16/h1-8,13H,9-12H2,(H,25,27). The highest BCUT2D eigenvalue weighted by Gasteiger charge is 2.33. The maximum atomic E-state index is 14.4. The van der Waals surface area contributed by atoms with Gasteiger partial charge in [0.1, 0.15) is 17.3 Å². The summed E-state index contributed by atoms with van der Waals surface area (Å²) in [5.74, 6) is -0.256. The van der Waals surface area contributed by atoms with Gasteiger partial charge in [0.25, 0.3) is 11.8 Å². The summed E-state index contributed by atoms with van der Waals surface area (Å²) in [6.07, 6.45) is 3.53. The van der Waals surface area contributed by atoms with Crippen molar-refractivity contribution >= 4 is 28.3 Å². The van der Waals surface area contributed by atoms with Crippen LogP contribution in [0.25, 0.3) is 10.8 Å². The molecular weight excluding hydrogens is 389 g/mol. The number of ether oxygens (including phenoxy) is 2. The summed E-state index contributed by atoms with van der Waals surface area (Å²) in [5.41, 5.74) is 0.227. The molecule has 3 aromatic rings. The monoisotopic (exact) mass is 407 g/mol. The van der Waals surface area contributed by atoms with Crippen LogP contribution in [-0.2, 0) is 4.79 Å². The Bertz CT molecular complexity index is 1160. The van der Waals surface area contributed by atoms with Gasteiger partial charge in [0.15, 0.2) is 6.61 Å². The third kappa shape index (κ3) is 3.41. The van der Waals surface area contributed by atoms with E-state index in [1.54, 1.807) is 17.3 Å². The third-order valence-electron chi connectivity index (χ3n) is 5.27. The average Bonchev–Trinajstić information content (AvgIpc) is 2.72. The molecule has 0 saturated carbocycles. The van der Waals surface area contributed by atoms with Crippen molar-refractivity contribution in [2.75, 3.05) is 31.6 Å². The van der Waals surface area contributed by atoms with Gasteiger partial charge in [-0.2, -0.15) is 0 Å². The van der Waals surface area contributed by atoms with Crippen molar-refractivity contribution in [1.29, 1.82) is 0 Å². The first-order chi connectivity index (χ1) is 14.6. The highest BCUT2D eigenvalue weighted by Crippen LogP contribution is 2.32. The number of hydrogen-bond donors (Lipinski definition) is 1. The molecular formula is C22H18FN3O4. The van der Waals surface area contributed by atoms with Gasteiger partial charge in [0.05, 0.1) is 17.9 Å². The molecule has 0 atom stereocenters. The molecule has 2 aliphatic heterocycles. The molecule has 5 rings (SSSR count). The summed E-state index contributed by atoms with van der Waals surface area (Å²) in [6, 6.07) is 10.2. The second-order valence-corrected chi connectivity index (χ2v) is 7.44. The first kappa shape index (κ1) is 18.4. The van der Waals surface area contributed by atoms with Gasteiger partial charge in [0, 0.05) is 42.9 Å². The lowest BCUT2D eigenvalue weighted by atomic mass is 9.99. The van der Waals surface area contributed by atoms with Crippen LogP contribution in [0, 0.1) is 11.7 Å². The van der Waals surface area contributed by atoms with Gasteiger partial charge >= 0.3 is 0 Å². The van der Waals surface area contributed by atoms with Gasteiger partial charge in [-0.3, -0.25) is 14.6 Å². The van der Waals surface area contributed by atoms with Gasteiger partial charge < -0.3 is 19.7 Å². The summed E-state index contributed by atoms with van der Waals surface area (Å²) in [6.45, 7) is 1.27. The van der Waals surface area contributed by atoms with Crippen LogP contribution in [-0.4, -0.2) is 48.0 Å². The number of benzene rings is 2. The number of halogens is 1. The van der Waals surface area contributed by atoms with E-state index in [1.807, 2.05) is 24.3 Å². The van der Waals surface area contributed by atoms with E-state index < -0.39 is 11.7 Å². The number of fused-ring (bicyclic) bond motifs is 2. The Balaban J connectivity index is 1.20. The number of anilines is 1. The Kier molecular flexibility index (Phi) is 4.46. The minimum absolute atomic E-state index is 0.0814. The quantitative estimate of drug-likeness (QED) is 0.719. The van der Waals surface area contributed by atoms with E-state index in [-0.39, 0.29) is 29.7 Å². The summed E-state index contributed by atoms with van der Waals surface area (Å²) < 4.78 is 25.4. The third-order valence-corrected chi connectivity index (χ3v) is 5.27. The van der Waals surface area contributed by atoms with E-state index in [4.69, 9.17) is 9.47 Å². The zero-order valence-electron chi connectivity index (χ0n) is 15.9. The van der Waals surface area contributed by atoms with E-state index in [2.05, 4.69) is 10.3 Å². The molecule has 2 aliphatic rings. The fraction of sp³-hybridized carbons (Fsp3) is 0.227. The zero-order valence-corrected chi connectivity index (χ0v) is 15.9. The molecule has 0 radical (unpaired) electrons. The lowest BCUT2D eigenvalue weighted by Crippen LogP contribution is -2.52. The molecule has 152 valence electrons. The number of pyridine rings is 1. The molecule has 1 aromatic heterocycles. The van der Waals surface area contributed by atoms with Gasteiger partial charge in [-0.05, 0) is 35.7 Å². The topological polar surface area (TPSA) is 80.8 Å². The highest BCUT2D eigenvalue weighted by molar-refractivity contribution is 6.00. The Morgan fingerprint density at radius 1 is 1.23 bits per heavy atom. The number of nitrogens with zero attached hydrogens (tertiary/aromatic N) is 2. The molecule has 30 heavy (non-hydrogen) atoms. The summed E-state index contributed by atoms with van der Waals surface area (Å²) >= 11 is 0. The molecule has 0 spiro atoms. The van der Waals surface area contributed by atoms with E-state index in [0.29, 0.717) is 25.4 Å². The Hall–Kier alpha value is -3.68. The molecule has 0 bridgehead atoms. The van der Waals surface area contributed by atoms with E-state index in [9.17, 15) is 14.0 Å². The van der Waals surface area contributed by atoms with Crippen molar-refractivity contribution in [1.82, 2.24) is 9.88 Å². The van der Waals surface area contributed by atoms with Crippen molar-refractivity contribution < 1.29 is 23.5 Å². The molecule has 2 aromatic carbocycles. The molecule has 1 fully saturated rings. The predicted molar refractivity (Wildman–Crippen MR) is 107 cm³/mol. The van der Waals surface area contributed by atoms with Crippen molar-refractivity contribution in [3.05, 3.63) is 60.2 Å². The fourth-order valence-corrected chi connectivity index (χ4v) is 3.64. The van der Waals surface area contributed by atoms with Crippen LogP contribution in [0.4, 0.5) is 10.1 Å². The second-order valence-electron chi connectivity index (χ2n) is 7.44. The van der Waals surface area contributed by atoms with Crippen LogP contribution in [0.2, 0.25) is 0 Å². The highest BCUT2D eigenvalue weighted by atomic mass is 19.1. The molecule has 0 unspecified atom stereocenters. The van der Waals surface area contributed by atoms with Gasteiger partial charge in [0.2, 0.25) is 0 Å². The molecule has 2 amide bonds. The molecule has 7 nitrogen and oxygen atoms in total. The maximum Gasteiger partial charge on any atom is 0.262 e. The number of hydrogen-bond acceptors (Lipinski definition) is 5. The van der Waals surface area contributed by atoms with Crippen LogP contribution in [0.15, 0.2) is 48.8 Å². The Morgan fingerprint density at radius 3 is 2.97 bits per heavy atom. The minimum Gasteiger partial charge on any atom is -0.493 e. The molecule has 3 heterocycles. The van der Waals surface area contributed by atoms with Crippen LogP contribution in [0.1, 0.15) is 10.4 Å². The van der Waals surface area contributed by atoms with Crippen LogP contribution >= 0.6 is 0 Å². The largest absolute Gasteiger partial charge is 0.493 e. The number of rotatable bonds is 4. The fourth-order valence-electron chi connectivity index (χ4n) is 3.64.